The van der Waals surface area contributed by atoms with Gasteiger partial charge in [-0.1, -0.05) is 18.2 Å². The predicted molar refractivity (Wildman–Crippen MR) is 86.6 cm³/mol. The van der Waals surface area contributed by atoms with Crippen LogP contribution in [0.15, 0.2) is 30.3 Å². The van der Waals surface area contributed by atoms with Crippen LogP contribution in [0.1, 0.15) is 18.4 Å². The number of anilines is 1. The highest BCUT2D eigenvalue weighted by molar-refractivity contribution is 5.81. The van der Waals surface area contributed by atoms with Crippen LogP contribution in [0.4, 0.5) is 5.82 Å². The molecular formula is C17H23N3O. The molecule has 1 aromatic heterocycles. The molecule has 0 amide bonds. The summed E-state index contributed by atoms with van der Waals surface area (Å²) in [7, 11) is 4.22. The molecule has 0 saturated carbocycles. The molecule has 1 fully saturated rings. The summed E-state index contributed by atoms with van der Waals surface area (Å²) in [5, 5.41) is 10.8. The largest absolute Gasteiger partial charge is 0.392 e. The van der Waals surface area contributed by atoms with Crippen LogP contribution in [-0.2, 0) is 6.61 Å². The number of aromatic nitrogens is 1. The Labute approximate surface area is 126 Å². The highest BCUT2D eigenvalue weighted by Gasteiger charge is 2.27. The molecule has 1 saturated heterocycles. The molecule has 1 aliphatic heterocycles. The van der Waals surface area contributed by atoms with E-state index in [-0.39, 0.29) is 6.61 Å². The van der Waals surface area contributed by atoms with Crippen LogP contribution >= 0.6 is 0 Å². The number of likely N-dealkylation sites (N-methyl/N-ethyl adjacent to an activating group) is 1. The van der Waals surface area contributed by atoms with Crippen LogP contribution in [0, 0.1) is 0 Å². The number of benzene rings is 1. The molecule has 3 rings (SSSR count). The molecule has 0 bridgehead atoms. The molecule has 21 heavy (non-hydrogen) atoms. The topological polar surface area (TPSA) is 39.6 Å². The minimum absolute atomic E-state index is 0.0400. The van der Waals surface area contributed by atoms with E-state index in [0.29, 0.717) is 6.04 Å². The first-order chi connectivity index (χ1) is 10.2. The lowest BCUT2D eigenvalue weighted by Gasteiger charge is -2.29. The van der Waals surface area contributed by atoms with Gasteiger partial charge >= 0.3 is 0 Å². The van der Waals surface area contributed by atoms with Crippen LogP contribution in [-0.4, -0.2) is 48.2 Å². The highest BCUT2D eigenvalue weighted by atomic mass is 16.3. The molecule has 1 N–H and O–H groups in total. The van der Waals surface area contributed by atoms with Gasteiger partial charge in [-0.3, -0.25) is 0 Å². The number of pyridine rings is 1. The van der Waals surface area contributed by atoms with Crippen molar-refractivity contribution in [2.75, 3.05) is 32.1 Å². The number of para-hydroxylation sites is 1. The van der Waals surface area contributed by atoms with Crippen molar-refractivity contribution < 1.29 is 5.11 Å². The van der Waals surface area contributed by atoms with Crippen molar-refractivity contribution >= 4 is 16.7 Å². The Kier molecular flexibility index (Phi) is 4.08. The zero-order valence-corrected chi connectivity index (χ0v) is 12.8. The average Bonchev–Trinajstić information content (AvgIpc) is 2.93. The summed E-state index contributed by atoms with van der Waals surface area (Å²) >= 11 is 0. The molecule has 4 heteroatoms. The lowest BCUT2D eigenvalue weighted by Crippen LogP contribution is -2.38. The zero-order chi connectivity index (χ0) is 14.8. The zero-order valence-electron chi connectivity index (χ0n) is 12.8. The number of aliphatic hydroxyl groups excluding tert-OH is 1. The van der Waals surface area contributed by atoms with Crippen LogP contribution in [0.3, 0.4) is 0 Å². The summed E-state index contributed by atoms with van der Waals surface area (Å²) in [6.45, 7) is 2.09. The van der Waals surface area contributed by atoms with Gasteiger partial charge in [-0.25, -0.2) is 4.98 Å². The first-order valence-electron chi connectivity index (χ1n) is 7.60. The fraction of sp³-hybridized carbons (Fsp3) is 0.471. The minimum Gasteiger partial charge on any atom is -0.392 e. The molecule has 2 aromatic rings. The van der Waals surface area contributed by atoms with Crippen molar-refractivity contribution in [3.63, 3.8) is 0 Å². The molecular weight excluding hydrogens is 262 g/mol. The average molecular weight is 285 g/mol. The lowest BCUT2D eigenvalue weighted by atomic mass is 10.1. The lowest BCUT2D eigenvalue weighted by molar-refractivity contribution is 0.281. The SMILES string of the molecule is CN(C)CC1CCCN1c1nc2ccccc2cc1CO. The van der Waals surface area contributed by atoms with Crippen molar-refractivity contribution in [1.29, 1.82) is 0 Å². The van der Waals surface area contributed by atoms with E-state index in [1.54, 1.807) is 0 Å². The molecule has 1 unspecified atom stereocenters. The van der Waals surface area contributed by atoms with Gasteiger partial charge in [0.15, 0.2) is 0 Å². The summed E-state index contributed by atoms with van der Waals surface area (Å²) in [4.78, 5) is 9.43. The summed E-state index contributed by atoms with van der Waals surface area (Å²) in [5.74, 6) is 0.959. The molecule has 4 nitrogen and oxygen atoms in total. The van der Waals surface area contributed by atoms with Crippen LogP contribution in [0.2, 0.25) is 0 Å². The first-order valence-corrected chi connectivity index (χ1v) is 7.60. The Balaban J connectivity index is 2.01. The minimum atomic E-state index is 0.0400. The molecule has 1 aromatic carbocycles. The second-order valence-electron chi connectivity index (χ2n) is 6.07. The van der Waals surface area contributed by atoms with Crippen molar-refractivity contribution in [1.82, 2.24) is 9.88 Å². The fourth-order valence-electron chi connectivity index (χ4n) is 3.24. The van der Waals surface area contributed by atoms with Gasteiger partial charge in [0, 0.05) is 30.1 Å². The summed E-state index contributed by atoms with van der Waals surface area (Å²) in [6, 6.07) is 10.7. The molecule has 0 aliphatic carbocycles. The Bertz CT molecular complexity index is 626. The number of hydrogen-bond donors (Lipinski definition) is 1. The normalized spacial score (nSPS) is 18.9. The number of nitrogens with zero attached hydrogens (tertiary/aromatic N) is 3. The molecule has 1 atom stereocenters. The van der Waals surface area contributed by atoms with Crippen molar-refractivity contribution in [2.24, 2.45) is 0 Å². The molecule has 1 aliphatic rings. The van der Waals surface area contributed by atoms with E-state index < -0.39 is 0 Å². The molecule has 0 radical (unpaired) electrons. The summed E-state index contributed by atoms with van der Waals surface area (Å²) in [5.41, 5.74) is 1.93. The van der Waals surface area contributed by atoms with Gasteiger partial charge in [-0.2, -0.15) is 0 Å². The third-order valence-electron chi connectivity index (χ3n) is 4.18. The van der Waals surface area contributed by atoms with E-state index in [0.717, 1.165) is 35.4 Å². The maximum atomic E-state index is 9.73. The van der Waals surface area contributed by atoms with Crippen molar-refractivity contribution in [3.8, 4) is 0 Å². The van der Waals surface area contributed by atoms with Gasteiger partial charge in [0.25, 0.3) is 0 Å². The van der Waals surface area contributed by atoms with Gasteiger partial charge in [0.2, 0.25) is 0 Å². The first kappa shape index (κ1) is 14.3. The number of hydrogen-bond acceptors (Lipinski definition) is 4. The fourth-order valence-corrected chi connectivity index (χ4v) is 3.24. The van der Waals surface area contributed by atoms with E-state index in [9.17, 15) is 5.11 Å². The van der Waals surface area contributed by atoms with Gasteiger partial charge in [0.05, 0.1) is 12.1 Å². The van der Waals surface area contributed by atoms with Gasteiger partial charge in [0.1, 0.15) is 5.82 Å². The summed E-state index contributed by atoms with van der Waals surface area (Å²) in [6.07, 6.45) is 2.38. The Morgan fingerprint density at radius 3 is 2.90 bits per heavy atom. The number of rotatable bonds is 4. The van der Waals surface area contributed by atoms with Crippen LogP contribution in [0.5, 0.6) is 0 Å². The van der Waals surface area contributed by atoms with E-state index in [1.807, 2.05) is 24.3 Å². The van der Waals surface area contributed by atoms with E-state index in [1.165, 1.54) is 12.8 Å². The van der Waals surface area contributed by atoms with Gasteiger partial charge < -0.3 is 14.9 Å². The molecule has 112 valence electrons. The molecule has 0 spiro atoms. The third-order valence-corrected chi connectivity index (χ3v) is 4.18. The van der Waals surface area contributed by atoms with E-state index in [4.69, 9.17) is 4.98 Å². The number of fused-ring (bicyclic) bond motifs is 1. The monoisotopic (exact) mass is 285 g/mol. The predicted octanol–water partition coefficient (Wildman–Crippen LogP) is 2.26. The maximum Gasteiger partial charge on any atom is 0.135 e. The van der Waals surface area contributed by atoms with Gasteiger partial charge in [-0.05, 0) is 39.1 Å². The third kappa shape index (κ3) is 2.87. The van der Waals surface area contributed by atoms with Crippen molar-refractivity contribution in [2.45, 2.75) is 25.5 Å². The number of aliphatic hydroxyl groups is 1. The Morgan fingerprint density at radius 2 is 2.14 bits per heavy atom. The highest BCUT2D eigenvalue weighted by Crippen LogP contribution is 2.30. The quantitative estimate of drug-likeness (QED) is 0.935. The maximum absolute atomic E-state index is 9.73. The van der Waals surface area contributed by atoms with Gasteiger partial charge in [-0.15, -0.1) is 0 Å². The Morgan fingerprint density at radius 1 is 1.33 bits per heavy atom. The second-order valence-corrected chi connectivity index (χ2v) is 6.07. The second kappa shape index (κ2) is 6.00. The smallest absolute Gasteiger partial charge is 0.135 e. The van der Waals surface area contributed by atoms with E-state index in [2.05, 4.69) is 30.0 Å². The van der Waals surface area contributed by atoms with Crippen LogP contribution in [0.25, 0.3) is 10.9 Å². The van der Waals surface area contributed by atoms with E-state index >= 15 is 0 Å². The standard InChI is InChI=1S/C17H23N3O/c1-19(2)11-15-7-5-9-20(15)17-14(12-21)10-13-6-3-4-8-16(13)18-17/h3-4,6,8,10,15,21H,5,7,9,11-12H2,1-2H3. The molecule has 2 heterocycles. The summed E-state index contributed by atoms with van der Waals surface area (Å²) < 4.78 is 0. The van der Waals surface area contributed by atoms with Crippen LogP contribution < -0.4 is 4.90 Å². The Hall–Kier alpha value is -1.65. The van der Waals surface area contributed by atoms with Crippen molar-refractivity contribution in [3.05, 3.63) is 35.9 Å².